The van der Waals surface area contributed by atoms with Crippen molar-refractivity contribution in [2.45, 2.75) is 79.6 Å². The minimum Gasteiger partial charge on any atom is -0.462 e. The molecule has 0 atom stereocenters. The number of benzene rings is 2. The topological polar surface area (TPSA) is 52.9 Å². The summed E-state index contributed by atoms with van der Waals surface area (Å²) in [7, 11) is 0. The van der Waals surface area contributed by atoms with Gasteiger partial charge in [-0.15, -0.1) is 0 Å². The third-order valence-corrected chi connectivity index (χ3v) is 3.59. The van der Waals surface area contributed by atoms with Crippen LogP contribution >= 0.6 is 0 Å². The van der Waals surface area contributed by atoms with Gasteiger partial charge in [-0.1, -0.05) is 128 Å². The molecule has 0 bridgehead atoms. The van der Waals surface area contributed by atoms with Crippen LogP contribution in [0.5, 0.6) is 0 Å². The van der Waals surface area contributed by atoms with Gasteiger partial charge in [-0.3, -0.25) is 0 Å². The van der Waals surface area contributed by atoms with Crippen LogP contribution in [-0.4, -0.2) is 35.8 Å². The summed E-state index contributed by atoms with van der Waals surface area (Å²) in [4.78, 5) is 9.07. The zero-order chi connectivity index (χ0) is 22.5. The predicted octanol–water partition coefficient (Wildman–Crippen LogP) is 7.24. The number of hydrogen-bond acceptors (Lipinski definition) is 2. The standard InChI is InChI=1S/2C13H19N2.2Ag/c2*1-10(2)14-13(15-11(3)4)12-8-6-5-7-9-12;;/h2*5-11H,1-4H3;;/q2*-1;2*+1. The Balaban J connectivity index is 0. The van der Waals surface area contributed by atoms with Crippen LogP contribution in [-0.2, 0) is 44.8 Å². The normalized spacial score (nSPS) is 11.5. The van der Waals surface area contributed by atoms with E-state index in [2.05, 4.69) is 76.0 Å². The van der Waals surface area contributed by atoms with Gasteiger partial charge in [0.1, 0.15) is 0 Å². The first kappa shape index (κ1) is 33.0. The summed E-state index contributed by atoms with van der Waals surface area (Å²) in [5.74, 6) is 1.72. The van der Waals surface area contributed by atoms with Gasteiger partial charge in [-0.05, 0) is 35.3 Å². The third kappa shape index (κ3) is 14.8. The van der Waals surface area contributed by atoms with Crippen molar-refractivity contribution in [1.82, 2.24) is 0 Å². The second-order valence-electron chi connectivity index (χ2n) is 8.27. The van der Waals surface area contributed by atoms with Crippen molar-refractivity contribution < 1.29 is 44.8 Å². The molecule has 0 aromatic heterocycles. The maximum Gasteiger partial charge on any atom is 1.00 e. The minimum atomic E-state index is 0. The molecule has 2 aromatic carbocycles. The monoisotopic (exact) mass is 620 g/mol. The zero-order valence-electron chi connectivity index (χ0n) is 20.5. The average molecular weight is 622 g/mol. The van der Waals surface area contributed by atoms with Crippen molar-refractivity contribution in [2.24, 2.45) is 9.98 Å². The van der Waals surface area contributed by atoms with E-state index in [-0.39, 0.29) is 68.9 Å². The molecule has 32 heavy (non-hydrogen) atoms. The summed E-state index contributed by atoms with van der Waals surface area (Å²) >= 11 is 0. The van der Waals surface area contributed by atoms with Crippen molar-refractivity contribution >= 4 is 11.7 Å². The molecule has 0 amide bonds. The summed E-state index contributed by atoms with van der Waals surface area (Å²) in [6.07, 6.45) is 0. The molecule has 0 heterocycles. The van der Waals surface area contributed by atoms with Gasteiger partial charge in [-0.25, -0.2) is 0 Å². The summed E-state index contributed by atoms with van der Waals surface area (Å²) in [5, 5.41) is 9.07. The van der Waals surface area contributed by atoms with Gasteiger partial charge < -0.3 is 20.6 Å². The van der Waals surface area contributed by atoms with Crippen molar-refractivity contribution in [3.05, 3.63) is 82.4 Å². The number of rotatable bonds is 6. The molecule has 0 aliphatic heterocycles. The van der Waals surface area contributed by atoms with Crippen molar-refractivity contribution in [3.63, 3.8) is 0 Å². The van der Waals surface area contributed by atoms with Crippen LogP contribution in [0.2, 0.25) is 0 Å². The van der Waals surface area contributed by atoms with Gasteiger partial charge >= 0.3 is 44.8 Å². The van der Waals surface area contributed by atoms with Gasteiger partial charge in [0.15, 0.2) is 0 Å². The van der Waals surface area contributed by atoms with Gasteiger partial charge in [0.05, 0.1) is 0 Å². The molecule has 0 spiro atoms. The molecule has 2 rings (SSSR count). The van der Waals surface area contributed by atoms with Gasteiger partial charge in [0, 0.05) is 0 Å². The van der Waals surface area contributed by atoms with Crippen LogP contribution in [0.25, 0.3) is 10.6 Å². The Hall–Kier alpha value is -1.14. The maximum atomic E-state index is 4.54. The van der Waals surface area contributed by atoms with Gasteiger partial charge in [0.2, 0.25) is 0 Å². The fourth-order valence-corrected chi connectivity index (χ4v) is 2.52. The van der Waals surface area contributed by atoms with E-state index < -0.39 is 0 Å². The molecular formula is C26H38Ag2N4. The van der Waals surface area contributed by atoms with E-state index in [1.165, 1.54) is 0 Å². The SMILES string of the molecule is CC(C)N=C([N-]C(C)C)c1ccccc1.CC(C)N=C([N-]C(C)C)c1ccccc1.[Ag+].[Ag+]. The smallest absolute Gasteiger partial charge is 0.462 e. The second kappa shape index (κ2) is 18.3. The molecule has 4 nitrogen and oxygen atoms in total. The molecular weight excluding hydrogens is 584 g/mol. The molecule has 2 aromatic rings. The molecule has 0 unspecified atom stereocenters. The third-order valence-electron chi connectivity index (χ3n) is 3.59. The van der Waals surface area contributed by atoms with E-state index in [4.69, 9.17) is 0 Å². The van der Waals surface area contributed by atoms with Gasteiger partial charge in [-0.2, -0.15) is 0 Å². The minimum absolute atomic E-state index is 0. The molecule has 0 saturated carbocycles. The summed E-state index contributed by atoms with van der Waals surface area (Å²) in [6.45, 7) is 16.5. The first-order chi connectivity index (χ1) is 14.2. The van der Waals surface area contributed by atoms with Crippen LogP contribution in [0.4, 0.5) is 0 Å². The van der Waals surface area contributed by atoms with Crippen molar-refractivity contribution in [3.8, 4) is 0 Å². The first-order valence-corrected chi connectivity index (χ1v) is 10.9. The second-order valence-corrected chi connectivity index (χ2v) is 8.27. The number of amidine groups is 2. The first-order valence-electron chi connectivity index (χ1n) is 10.9. The van der Waals surface area contributed by atoms with E-state index in [0.717, 1.165) is 22.8 Å². The van der Waals surface area contributed by atoms with Crippen LogP contribution in [0.15, 0.2) is 70.6 Å². The predicted molar refractivity (Wildman–Crippen MR) is 133 cm³/mol. The quantitative estimate of drug-likeness (QED) is 0.185. The Morgan fingerprint density at radius 3 is 1.03 bits per heavy atom. The Morgan fingerprint density at radius 1 is 0.531 bits per heavy atom. The fraction of sp³-hybridized carbons (Fsp3) is 0.462. The van der Waals surface area contributed by atoms with Gasteiger partial charge in [0.25, 0.3) is 0 Å². The molecule has 0 saturated heterocycles. The molecule has 0 N–H and O–H groups in total. The van der Waals surface area contributed by atoms with Crippen LogP contribution < -0.4 is 0 Å². The molecule has 6 heteroatoms. The molecule has 0 fully saturated rings. The summed E-state index contributed by atoms with van der Waals surface area (Å²) in [6, 6.07) is 21.4. The largest absolute Gasteiger partial charge is 1.00 e. The number of nitrogens with zero attached hydrogens (tertiary/aromatic N) is 4. The summed E-state index contributed by atoms with van der Waals surface area (Å²) in [5.41, 5.74) is 2.19. The summed E-state index contributed by atoms with van der Waals surface area (Å²) < 4.78 is 0. The maximum absolute atomic E-state index is 4.54. The zero-order valence-corrected chi connectivity index (χ0v) is 23.4. The van der Waals surface area contributed by atoms with E-state index in [1.807, 2.05) is 60.7 Å². The molecule has 0 aliphatic rings. The average Bonchev–Trinajstić information content (AvgIpc) is 2.67. The number of hydrogen-bond donors (Lipinski definition) is 0. The van der Waals surface area contributed by atoms with E-state index in [9.17, 15) is 0 Å². The Labute approximate surface area is 227 Å². The van der Waals surface area contributed by atoms with Crippen LogP contribution in [0.1, 0.15) is 66.5 Å². The molecule has 0 aliphatic carbocycles. The Kier molecular flexibility index (Phi) is 18.9. The van der Waals surface area contributed by atoms with Crippen LogP contribution in [0.3, 0.4) is 0 Å². The Bertz CT molecular complexity index is 703. The number of aliphatic imine (C=N–C) groups is 2. The van der Waals surface area contributed by atoms with Crippen molar-refractivity contribution in [1.29, 1.82) is 0 Å². The van der Waals surface area contributed by atoms with E-state index >= 15 is 0 Å². The van der Waals surface area contributed by atoms with E-state index in [0.29, 0.717) is 0 Å². The molecule has 0 radical (unpaired) electrons. The van der Waals surface area contributed by atoms with Crippen LogP contribution in [0, 0.1) is 0 Å². The molecule has 184 valence electrons. The van der Waals surface area contributed by atoms with Crippen molar-refractivity contribution in [2.75, 3.05) is 0 Å². The van der Waals surface area contributed by atoms with E-state index in [1.54, 1.807) is 0 Å². The Morgan fingerprint density at radius 2 is 0.812 bits per heavy atom. The fourth-order valence-electron chi connectivity index (χ4n) is 2.52.